The predicted octanol–water partition coefficient (Wildman–Crippen LogP) is 1.82. The van der Waals surface area contributed by atoms with Crippen molar-refractivity contribution >= 4 is 17.3 Å². The number of hydrogen-bond acceptors (Lipinski definition) is 5. The van der Waals surface area contributed by atoms with Crippen molar-refractivity contribution in [2.24, 2.45) is 0 Å². The van der Waals surface area contributed by atoms with Crippen LogP contribution in [-0.2, 0) is 0 Å². The van der Waals surface area contributed by atoms with Crippen molar-refractivity contribution < 1.29 is 14.8 Å². The number of nitro groups is 1. The summed E-state index contributed by atoms with van der Waals surface area (Å²) >= 11 is 0. The van der Waals surface area contributed by atoms with Crippen molar-refractivity contribution in [1.82, 2.24) is 4.90 Å². The molecule has 0 radical (unpaired) electrons. The number of benzene rings is 1. The molecule has 7 nitrogen and oxygen atoms in total. The molecule has 0 saturated carbocycles. The van der Waals surface area contributed by atoms with Crippen LogP contribution < -0.4 is 4.90 Å². The number of rotatable bonds is 4. The fraction of sp³-hybridized carbons (Fsp3) is 0.500. The van der Waals surface area contributed by atoms with E-state index in [4.69, 9.17) is 0 Å². The number of non-ortho nitro benzene ring substituents is 1. The van der Waals surface area contributed by atoms with Crippen LogP contribution in [0.25, 0.3) is 0 Å². The van der Waals surface area contributed by atoms with Gasteiger partial charge in [-0.25, -0.2) is 4.79 Å². The lowest BCUT2D eigenvalue weighted by Crippen LogP contribution is -2.42. The highest BCUT2D eigenvalue weighted by molar-refractivity contribution is 5.95. The Morgan fingerprint density at radius 1 is 1.38 bits per heavy atom. The maximum Gasteiger partial charge on any atom is 0.337 e. The first-order valence-electron chi connectivity index (χ1n) is 6.83. The summed E-state index contributed by atoms with van der Waals surface area (Å²) in [4.78, 5) is 25.8. The van der Waals surface area contributed by atoms with E-state index in [9.17, 15) is 20.0 Å². The lowest BCUT2D eigenvalue weighted by molar-refractivity contribution is -0.384. The van der Waals surface area contributed by atoms with E-state index in [1.165, 1.54) is 18.2 Å². The van der Waals surface area contributed by atoms with Gasteiger partial charge in [-0.1, -0.05) is 0 Å². The lowest BCUT2D eigenvalue weighted by Gasteiger charge is -2.36. The Balaban J connectivity index is 2.27. The first-order chi connectivity index (χ1) is 9.90. The SMILES string of the molecule is CN(C)C1CCN(c2cc([N+](=O)[O-])ccc2C(=O)O)CC1. The number of carboxylic acids is 1. The molecule has 0 amide bonds. The van der Waals surface area contributed by atoms with Gasteiger partial charge in [-0.15, -0.1) is 0 Å². The minimum atomic E-state index is -1.06. The van der Waals surface area contributed by atoms with Crippen molar-refractivity contribution in [2.75, 3.05) is 32.1 Å². The molecule has 0 aliphatic carbocycles. The fourth-order valence-electron chi connectivity index (χ4n) is 2.70. The van der Waals surface area contributed by atoms with Gasteiger partial charge in [-0.05, 0) is 33.0 Å². The van der Waals surface area contributed by atoms with E-state index in [2.05, 4.69) is 4.90 Å². The second-order valence-corrected chi connectivity index (χ2v) is 5.45. The molecule has 0 spiro atoms. The Bertz CT molecular complexity index is 551. The molecule has 7 heteroatoms. The molecule has 0 aromatic heterocycles. The molecule has 0 unspecified atom stereocenters. The Labute approximate surface area is 122 Å². The van der Waals surface area contributed by atoms with Gasteiger partial charge in [0.05, 0.1) is 16.2 Å². The molecular weight excluding hydrogens is 274 g/mol. The van der Waals surface area contributed by atoms with Crippen molar-refractivity contribution in [1.29, 1.82) is 0 Å². The summed E-state index contributed by atoms with van der Waals surface area (Å²) in [5.41, 5.74) is 0.475. The zero-order valence-corrected chi connectivity index (χ0v) is 12.2. The molecule has 1 aromatic rings. The third-order valence-corrected chi connectivity index (χ3v) is 3.96. The van der Waals surface area contributed by atoms with E-state index in [0.29, 0.717) is 24.8 Å². The number of carbonyl (C=O) groups is 1. The summed E-state index contributed by atoms with van der Waals surface area (Å²) in [5.74, 6) is -1.06. The van der Waals surface area contributed by atoms with E-state index in [0.717, 1.165) is 12.8 Å². The van der Waals surface area contributed by atoms with Crippen LogP contribution in [0.15, 0.2) is 18.2 Å². The second kappa shape index (κ2) is 6.09. The highest BCUT2D eigenvalue weighted by atomic mass is 16.6. The quantitative estimate of drug-likeness (QED) is 0.673. The number of aromatic carboxylic acids is 1. The van der Waals surface area contributed by atoms with Gasteiger partial charge >= 0.3 is 5.97 Å². The third-order valence-electron chi connectivity index (χ3n) is 3.96. The summed E-state index contributed by atoms with van der Waals surface area (Å²) in [6.07, 6.45) is 1.82. The van der Waals surface area contributed by atoms with E-state index < -0.39 is 10.9 Å². The number of nitrogens with zero attached hydrogens (tertiary/aromatic N) is 3. The average molecular weight is 293 g/mol. The van der Waals surface area contributed by atoms with Crippen LogP contribution in [0.4, 0.5) is 11.4 Å². The fourth-order valence-corrected chi connectivity index (χ4v) is 2.70. The Morgan fingerprint density at radius 3 is 2.48 bits per heavy atom. The van der Waals surface area contributed by atoms with Crippen molar-refractivity contribution in [3.63, 3.8) is 0 Å². The molecule has 114 valence electrons. The first kappa shape index (κ1) is 15.2. The number of hydrogen-bond donors (Lipinski definition) is 1. The molecule has 1 aromatic carbocycles. The van der Waals surface area contributed by atoms with Gasteiger partial charge in [0.2, 0.25) is 0 Å². The van der Waals surface area contributed by atoms with Gasteiger partial charge in [-0.2, -0.15) is 0 Å². The van der Waals surface area contributed by atoms with Gasteiger partial charge < -0.3 is 14.9 Å². The zero-order chi connectivity index (χ0) is 15.6. The molecule has 21 heavy (non-hydrogen) atoms. The lowest BCUT2D eigenvalue weighted by atomic mass is 10.0. The standard InChI is InChI=1S/C14H19N3O4/c1-15(2)10-5-7-16(8-6-10)13-9-11(17(20)21)3-4-12(13)14(18)19/h3-4,9-10H,5-8H2,1-2H3,(H,18,19). The molecule has 0 atom stereocenters. The van der Waals surface area contributed by atoms with Crippen LogP contribution in [0.5, 0.6) is 0 Å². The topological polar surface area (TPSA) is 86.9 Å². The molecule has 0 bridgehead atoms. The maximum atomic E-state index is 11.3. The number of piperidine rings is 1. The highest BCUT2D eigenvalue weighted by Gasteiger charge is 2.25. The minimum absolute atomic E-state index is 0.0790. The average Bonchev–Trinajstić information content (AvgIpc) is 2.46. The van der Waals surface area contributed by atoms with Gasteiger partial charge in [0, 0.05) is 31.3 Å². The van der Waals surface area contributed by atoms with Crippen molar-refractivity contribution in [3.05, 3.63) is 33.9 Å². The molecule has 1 fully saturated rings. The smallest absolute Gasteiger partial charge is 0.337 e. The van der Waals surface area contributed by atoms with E-state index in [-0.39, 0.29) is 11.3 Å². The van der Waals surface area contributed by atoms with Crippen LogP contribution in [0.3, 0.4) is 0 Å². The Kier molecular flexibility index (Phi) is 4.42. The van der Waals surface area contributed by atoms with Crippen LogP contribution in [0, 0.1) is 10.1 Å². The van der Waals surface area contributed by atoms with Gasteiger partial charge in [0.1, 0.15) is 0 Å². The van der Waals surface area contributed by atoms with Crippen LogP contribution in [-0.4, -0.2) is 54.1 Å². The van der Waals surface area contributed by atoms with Gasteiger partial charge in [-0.3, -0.25) is 10.1 Å². The normalized spacial score (nSPS) is 16.2. The highest BCUT2D eigenvalue weighted by Crippen LogP contribution is 2.29. The van der Waals surface area contributed by atoms with E-state index in [1.54, 1.807) is 0 Å². The number of carboxylic acid groups (broad SMARTS) is 1. The Hall–Kier alpha value is -2.15. The minimum Gasteiger partial charge on any atom is -0.478 e. The van der Waals surface area contributed by atoms with Crippen molar-refractivity contribution in [3.8, 4) is 0 Å². The van der Waals surface area contributed by atoms with E-state index >= 15 is 0 Å². The van der Waals surface area contributed by atoms with Gasteiger partial charge in [0.25, 0.3) is 5.69 Å². The summed E-state index contributed by atoms with van der Waals surface area (Å²) < 4.78 is 0. The molecule has 1 aliphatic rings. The summed E-state index contributed by atoms with van der Waals surface area (Å²) in [7, 11) is 4.05. The van der Waals surface area contributed by atoms with E-state index in [1.807, 2.05) is 19.0 Å². The third kappa shape index (κ3) is 3.30. The zero-order valence-electron chi connectivity index (χ0n) is 12.2. The molecule has 1 aliphatic heterocycles. The number of nitro benzene ring substituents is 1. The van der Waals surface area contributed by atoms with Crippen molar-refractivity contribution in [2.45, 2.75) is 18.9 Å². The second-order valence-electron chi connectivity index (χ2n) is 5.45. The van der Waals surface area contributed by atoms with Crippen LogP contribution in [0.1, 0.15) is 23.2 Å². The summed E-state index contributed by atoms with van der Waals surface area (Å²) in [6, 6.07) is 4.38. The largest absolute Gasteiger partial charge is 0.478 e. The molecular formula is C14H19N3O4. The molecule has 1 N–H and O–H groups in total. The summed E-state index contributed by atoms with van der Waals surface area (Å²) in [6.45, 7) is 1.40. The first-order valence-corrected chi connectivity index (χ1v) is 6.83. The van der Waals surface area contributed by atoms with Crippen LogP contribution >= 0.6 is 0 Å². The predicted molar refractivity (Wildman–Crippen MR) is 79.0 cm³/mol. The Morgan fingerprint density at radius 2 is 2.00 bits per heavy atom. The van der Waals surface area contributed by atoms with Crippen LogP contribution in [0.2, 0.25) is 0 Å². The monoisotopic (exact) mass is 293 g/mol. The maximum absolute atomic E-state index is 11.3. The molecule has 1 heterocycles. The van der Waals surface area contributed by atoms with Gasteiger partial charge in [0.15, 0.2) is 0 Å². The molecule has 1 saturated heterocycles. The summed E-state index contributed by atoms with van der Waals surface area (Å²) in [5, 5.41) is 20.2. The number of anilines is 1. The molecule has 2 rings (SSSR count).